The van der Waals surface area contributed by atoms with Gasteiger partial charge in [0.2, 0.25) is 5.91 Å². The average molecular weight is 273 g/mol. The molecule has 1 amide bonds. The topological polar surface area (TPSA) is 79.5 Å². The third-order valence-electron chi connectivity index (χ3n) is 3.81. The van der Waals surface area contributed by atoms with Crippen molar-refractivity contribution in [2.24, 2.45) is 5.41 Å². The molecule has 1 atom stereocenters. The summed E-state index contributed by atoms with van der Waals surface area (Å²) in [5.74, 6) is -0.856. The van der Waals surface area contributed by atoms with E-state index >= 15 is 0 Å². The maximum Gasteiger partial charge on any atom is 0.319 e. The second-order valence-corrected chi connectivity index (χ2v) is 5.27. The van der Waals surface area contributed by atoms with Crippen LogP contribution < -0.4 is 5.32 Å². The number of carbonyl (C=O) groups is 2. The van der Waals surface area contributed by atoms with Crippen molar-refractivity contribution in [2.45, 2.75) is 25.8 Å². The molecule has 1 aliphatic carbocycles. The van der Waals surface area contributed by atoms with Gasteiger partial charge in [0, 0.05) is 5.39 Å². The average Bonchev–Trinajstić information content (AvgIpc) is 3.12. The van der Waals surface area contributed by atoms with Gasteiger partial charge in [-0.05, 0) is 31.9 Å². The second kappa shape index (κ2) is 4.37. The summed E-state index contributed by atoms with van der Waals surface area (Å²) in [6, 6.07) is 9.08. The van der Waals surface area contributed by atoms with Crippen molar-refractivity contribution in [1.29, 1.82) is 0 Å². The molecule has 0 aliphatic heterocycles. The number of carbonyl (C=O) groups excluding carboxylic acids is 1. The van der Waals surface area contributed by atoms with Crippen LogP contribution in [-0.4, -0.2) is 17.0 Å². The number of furan rings is 1. The summed E-state index contributed by atoms with van der Waals surface area (Å²) in [6.07, 6.45) is 0.808. The number of carboxylic acid groups (broad SMARTS) is 1. The first kappa shape index (κ1) is 12.7. The fraction of sp³-hybridized carbons (Fsp3) is 0.333. The molecule has 2 aromatic rings. The molecule has 20 heavy (non-hydrogen) atoms. The van der Waals surface area contributed by atoms with E-state index in [9.17, 15) is 9.59 Å². The highest BCUT2D eigenvalue weighted by Gasteiger charge is 2.57. The Bertz CT molecular complexity index is 651. The standard InChI is InChI=1S/C15H15NO4/c1-9(16-13(17)15(6-7-15)14(18)19)12-8-10-4-2-3-5-11(10)20-12/h2-5,8-9H,6-7H2,1H3,(H,16,17)(H,18,19). The van der Waals surface area contributed by atoms with E-state index in [4.69, 9.17) is 9.52 Å². The molecular formula is C15H15NO4. The molecule has 5 heteroatoms. The van der Waals surface area contributed by atoms with Gasteiger partial charge in [0.05, 0.1) is 6.04 Å². The molecule has 3 rings (SSSR count). The Balaban J connectivity index is 1.78. The zero-order chi connectivity index (χ0) is 14.3. The van der Waals surface area contributed by atoms with Crippen molar-refractivity contribution < 1.29 is 19.1 Å². The van der Waals surface area contributed by atoms with E-state index in [1.54, 1.807) is 6.92 Å². The summed E-state index contributed by atoms with van der Waals surface area (Å²) < 4.78 is 5.66. The van der Waals surface area contributed by atoms with Gasteiger partial charge in [-0.1, -0.05) is 18.2 Å². The Morgan fingerprint density at radius 2 is 2.05 bits per heavy atom. The summed E-state index contributed by atoms with van der Waals surface area (Å²) in [4.78, 5) is 23.1. The van der Waals surface area contributed by atoms with Crippen LogP contribution in [0.15, 0.2) is 34.7 Å². The van der Waals surface area contributed by atoms with Crippen molar-refractivity contribution >= 4 is 22.8 Å². The molecule has 1 heterocycles. The van der Waals surface area contributed by atoms with Gasteiger partial charge in [-0.2, -0.15) is 0 Å². The summed E-state index contributed by atoms with van der Waals surface area (Å²) in [7, 11) is 0. The van der Waals surface area contributed by atoms with Crippen molar-refractivity contribution in [3.05, 3.63) is 36.1 Å². The molecule has 1 aromatic heterocycles. The summed E-state index contributed by atoms with van der Waals surface area (Å²) in [5.41, 5.74) is -0.469. The Morgan fingerprint density at radius 3 is 2.65 bits per heavy atom. The van der Waals surface area contributed by atoms with Gasteiger partial charge in [-0.15, -0.1) is 0 Å². The maximum atomic E-state index is 12.0. The Morgan fingerprint density at radius 1 is 1.35 bits per heavy atom. The van der Waals surface area contributed by atoms with E-state index in [2.05, 4.69) is 5.32 Å². The molecule has 1 saturated carbocycles. The first-order chi connectivity index (χ1) is 9.53. The number of aliphatic carboxylic acids is 1. The minimum atomic E-state index is -1.22. The maximum absolute atomic E-state index is 12.0. The van der Waals surface area contributed by atoms with E-state index < -0.39 is 17.3 Å². The Kier molecular flexibility index (Phi) is 2.78. The van der Waals surface area contributed by atoms with Crippen LogP contribution in [0.2, 0.25) is 0 Å². The van der Waals surface area contributed by atoms with Crippen LogP contribution in [0.25, 0.3) is 11.0 Å². The van der Waals surface area contributed by atoms with E-state index in [0.717, 1.165) is 11.0 Å². The SMILES string of the molecule is CC(NC(=O)C1(C(=O)O)CC1)c1cc2ccccc2o1. The molecule has 0 spiro atoms. The molecule has 5 nitrogen and oxygen atoms in total. The lowest BCUT2D eigenvalue weighted by molar-refractivity contribution is -0.149. The number of carboxylic acids is 1. The fourth-order valence-corrected chi connectivity index (χ4v) is 2.28. The highest BCUT2D eigenvalue weighted by molar-refractivity contribution is 6.04. The van der Waals surface area contributed by atoms with Crippen LogP contribution in [0, 0.1) is 5.41 Å². The highest BCUT2D eigenvalue weighted by Crippen LogP contribution is 2.46. The zero-order valence-corrected chi connectivity index (χ0v) is 11.1. The minimum Gasteiger partial charge on any atom is -0.480 e. The minimum absolute atomic E-state index is 0.355. The van der Waals surface area contributed by atoms with Crippen molar-refractivity contribution in [1.82, 2.24) is 5.32 Å². The number of para-hydroxylation sites is 1. The highest BCUT2D eigenvalue weighted by atomic mass is 16.4. The van der Waals surface area contributed by atoms with Crippen molar-refractivity contribution in [2.75, 3.05) is 0 Å². The van der Waals surface area contributed by atoms with Gasteiger partial charge in [0.1, 0.15) is 16.8 Å². The van der Waals surface area contributed by atoms with Crippen LogP contribution in [0.5, 0.6) is 0 Å². The van der Waals surface area contributed by atoms with Crippen LogP contribution >= 0.6 is 0 Å². The molecule has 1 aromatic carbocycles. The smallest absolute Gasteiger partial charge is 0.319 e. The number of benzene rings is 1. The lowest BCUT2D eigenvalue weighted by atomic mass is 10.1. The summed E-state index contributed by atoms with van der Waals surface area (Å²) >= 11 is 0. The van der Waals surface area contributed by atoms with E-state index in [0.29, 0.717) is 18.6 Å². The lowest BCUT2D eigenvalue weighted by Crippen LogP contribution is -2.38. The summed E-state index contributed by atoms with van der Waals surface area (Å²) in [6.45, 7) is 1.79. The fourth-order valence-electron chi connectivity index (χ4n) is 2.28. The van der Waals surface area contributed by atoms with Gasteiger partial charge in [0.15, 0.2) is 0 Å². The number of amides is 1. The molecule has 0 bridgehead atoms. The second-order valence-electron chi connectivity index (χ2n) is 5.27. The molecule has 1 aliphatic rings. The van der Waals surface area contributed by atoms with E-state index in [1.807, 2.05) is 30.3 Å². The van der Waals surface area contributed by atoms with E-state index in [1.165, 1.54) is 0 Å². The van der Waals surface area contributed by atoms with Gasteiger partial charge in [-0.3, -0.25) is 9.59 Å². The lowest BCUT2D eigenvalue weighted by Gasteiger charge is -2.15. The number of nitrogens with one attached hydrogen (secondary N) is 1. The molecule has 2 N–H and O–H groups in total. The van der Waals surface area contributed by atoms with E-state index in [-0.39, 0.29) is 6.04 Å². The number of rotatable bonds is 4. The van der Waals surface area contributed by atoms with Crippen molar-refractivity contribution in [3.63, 3.8) is 0 Å². The molecule has 1 unspecified atom stereocenters. The zero-order valence-electron chi connectivity index (χ0n) is 11.1. The Labute approximate surface area is 115 Å². The Hall–Kier alpha value is -2.30. The van der Waals surface area contributed by atoms with Crippen molar-refractivity contribution in [3.8, 4) is 0 Å². The first-order valence-electron chi connectivity index (χ1n) is 6.56. The number of hydrogen-bond donors (Lipinski definition) is 2. The molecule has 104 valence electrons. The number of fused-ring (bicyclic) bond motifs is 1. The monoisotopic (exact) mass is 273 g/mol. The van der Waals surface area contributed by atoms with Crippen LogP contribution in [0.1, 0.15) is 31.6 Å². The van der Waals surface area contributed by atoms with Gasteiger partial charge < -0.3 is 14.8 Å². The molecule has 0 saturated heterocycles. The summed E-state index contributed by atoms with van der Waals surface area (Å²) in [5, 5.41) is 12.8. The number of hydrogen-bond acceptors (Lipinski definition) is 3. The van der Waals surface area contributed by atoms with Gasteiger partial charge in [-0.25, -0.2) is 0 Å². The van der Waals surface area contributed by atoms with Crippen LogP contribution in [0.4, 0.5) is 0 Å². The van der Waals surface area contributed by atoms with Gasteiger partial charge in [0.25, 0.3) is 0 Å². The predicted octanol–water partition coefficient (Wildman–Crippen LogP) is 2.47. The van der Waals surface area contributed by atoms with Gasteiger partial charge >= 0.3 is 5.97 Å². The quantitative estimate of drug-likeness (QED) is 0.839. The van der Waals surface area contributed by atoms with Crippen LogP contribution in [0.3, 0.4) is 0 Å². The molecular weight excluding hydrogens is 258 g/mol. The third-order valence-corrected chi connectivity index (χ3v) is 3.81. The van der Waals surface area contributed by atoms with Crippen LogP contribution in [-0.2, 0) is 9.59 Å². The molecule has 1 fully saturated rings. The predicted molar refractivity (Wildman–Crippen MR) is 72.1 cm³/mol. The third kappa shape index (κ3) is 1.95. The first-order valence-corrected chi connectivity index (χ1v) is 6.56. The normalized spacial score (nSPS) is 17.6. The molecule has 0 radical (unpaired) electrons. The largest absolute Gasteiger partial charge is 0.480 e.